The molecule has 2 rings (SSSR count). The van der Waals surface area contributed by atoms with Crippen molar-refractivity contribution in [3.63, 3.8) is 0 Å². The highest BCUT2D eigenvalue weighted by Crippen LogP contribution is 2.30. The Balaban J connectivity index is 2.59. The minimum Gasteiger partial charge on any atom is -0.380 e. The van der Waals surface area contributed by atoms with Crippen molar-refractivity contribution in [3.8, 4) is 11.1 Å². The maximum Gasteiger partial charge on any atom is 0.126 e. The first-order valence-corrected chi connectivity index (χ1v) is 7.46. The predicted molar refractivity (Wildman–Crippen MR) is 85.4 cm³/mol. The summed E-state index contributed by atoms with van der Waals surface area (Å²) in [6.45, 7) is 4.34. The number of rotatable bonds is 4. The topological polar surface area (TPSA) is 9.23 Å². The Kier molecular flexibility index (Phi) is 4.91. The van der Waals surface area contributed by atoms with E-state index in [0.29, 0.717) is 12.2 Å². The Morgan fingerprint density at radius 3 is 2.45 bits per heavy atom. The fourth-order valence-corrected chi connectivity index (χ4v) is 2.68. The highest BCUT2D eigenvalue weighted by atomic mass is 31.0. The van der Waals surface area contributed by atoms with E-state index in [1.807, 2.05) is 13.0 Å². The van der Waals surface area contributed by atoms with Crippen molar-refractivity contribution >= 4 is 9.24 Å². The molecule has 1 nitrogen and oxygen atoms in total. The second-order valence-electron chi connectivity index (χ2n) is 5.04. The van der Waals surface area contributed by atoms with Gasteiger partial charge in [-0.2, -0.15) is 0 Å². The molecule has 20 heavy (non-hydrogen) atoms. The van der Waals surface area contributed by atoms with Crippen LogP contribution < -0.4 is 0 Å². The normalized spacial score (nSPS) is 10.8. The molecule has 0 saturated carbocycles. The van der Waals surface area contributed by atoms with Gasteiger partial charge in [-0.3, -0.25) is 0 Å². The summed E-state index contributed by atoms with van der Waals surface area (Å²) in [5.41, 5.74) is 6.08. The zero-order valence-corrected chi connectivity index (χ0v) is 13.3. The minimum atomic E-state index is -0.163. The van der Waals surface area contributed by atoms with E-state index in [1.54, 1.807) is 20.1 Å². The van der Waals surface area contributed by atoms with Crippen molar-refractivity contribution in [1.82, 2.24) is 0 Å². The SMILES string of the molecule is COCc1cc(CP)ccc1-c1cc(F)c(C)cc1C. The average molecular weight is 290 g/mol. The third kappa shape index (κ3) is 3.08. The fraction of sp³-hybridized carbons (Fsp3) is 0.294. The van der Waals surface area contributed by atoms with E-state index in [9.17, 15) is 4.39 Å². The summed E-state index contributed by atoms with van der Waals surface area (Å²) in [6, 6.07) is 9.79. The van der Waals surface area contributed by atoms with E-state index in [0.717, 1.165) is 28.4 Å². The highest BCUT2D eigenvalue weighted by molar-refractivity contribution is 7.15. The number of aryl methyl sites for hydroxylation is 2. The van der Waals surface area contributed by atoms with Gasteiger partial charge in [-0.05, 0) is 59.5 Å². The van der Waals surface area contributed by atoms with Gasteiger partial charge >= 0.3 is 0 Å². The lowest BCUT2D eigenvalue weighted by molar-refractivity contribution is 0.185. The molecule has 1 atom stereocenters. The quantitative estimate of drug-likeness (QED) is 0.746. The van der Waals surface area contributed by atoms with Crippen LogP contribution in [0, 0.1) is 19.7 Å². The average Bonchev–Trinajstić information content (AvgIpc) is 2.43. The third-order valence-electron chi connectivity index (χ3n) is 3.50. The van der Waals surface area contributed by atoms with Gasteiger partial charge in [-0.15, -0.1) is 9.24 Å². The largest absolute Gasteiger partial charge is 0.380 e. The molecule has 0 bridgehead atoms. The summed E-state index contributed by atoms with van der Waals surface area (Å²) < 4.78 is 19.2. The first-order valence-electron chi connectivity index (χ1n) is 6.64. The van der Waals surface area contributed by atoms with Gasteiger partial charge in [0.1, 0.15) is 5.82 Å². The first-order chi connectivity index (χ1) is 9.56. The number of hydrogen-bond acceptors (Lipinski definition) is 1. The molecule has 0 fully saturated rings. The second kappa shape index (κ2) is 6.47. The van der Waals surface area contributed by atoms with E-state index in [1.165, 1.54) is 5.56 Å². The number of halogens is 1. The van der Waals surface area contributed by atoms with Crippen molar-refractivity contribution in [2.45, 2.75) is 26.6 Å². The van der Waals surface area contributed by atoms with Gasteiger partial charge < -0.3 is 4.74 Å². The van der Waals surface area contributed by atoms with Crippen LogP contribution in [0.1, 0.15) is 22.3 Å². The molecule has 0 spiro atoms. The molecule has 0 aliphatic heterocycles. The first kappa shape index (κ1) is 15.2. The van der Waals surface area contributed by atoms with Gasteiger partial charge in [0, 0.05) is 7.11 Å². The van der Waals surface area contributed by atoms with Crippen LogP contribution in [0.4, 0.5) is 4.39 Å². The predicted octanol–water partition coefficient (Wildman–Crippen LogP) is 4.63. The van der Waals surface area contributed by atoms with Crippen LogP contribution >= 0.6 is 9.24 Å². The molecule has 3 heteroatoms. The Bertz CT molecular complexity index is 623. The summed E-state index contributed by atoms with van der Waals surface area (Å²) in [5.74, 6) is -0.163. The summed E-state index contributed by atoms with van der Waals surface area (Å²) in [4.78, 5) is 0. The Hall–Kier alpha value is -1.24. The van der Waals surface area contributed by atoms with Crippen LogP contribution in [0.3, 0.4) is 0 Å². The van der Waals surface area contributed by atoms with Crippen LogP contribution in [0.5, 0.6) is 0 Å². The van der Waals surface area contributed by atoms with Gasteiger partial charge in [0.25, 0.3) is 0 Å². The Morgan fingerprint density at radius 2 is 1.80 bits per heavy atom. The standard InChI is InChI=1S/C17H20FOP/c1-11-6-12(2)17(18)8-16(11)15-5-4-13(10-20)7-14(15)9-19-3/h4-8H,9-10,20H2,1-3H3. The van der Waals surface area contributed by atoms with Gasteiger partial charge in [-0.1, -0.05) is 24.3 Å². The summed E-state index contributed by atoms with van der Waals surface area (Å²) in [6.07, 6.45) is 0.901. The number of benzene rings is 2. The fourth-order valence-electron chi connectivity index (χ4n) is 2.43. The molecule has 2 aromatic carbocycles. The molecular weight excluding hydrogens is 270 g/mol. The van der Waals surface area contributed by atoms with Crippen molar-refractivity contribution in [2.24, 2.45) is 0 Å². The zero-order valence-electron chi connectivity index (χ0n) is 12.2. The number of hydrogen-bond donors (Lipinski definition) is 0. The van der Waals surface area contributed by atoms with Crippen LogP contribution in [-0.2, 0) is 17.5 Å². The maximum absolute atomic E-state index is 13.9. The Labute approximate surface area is 122 Å². The van der Waals surface area contributed by atoms with Gasteiger partial charge in [0.05, 0.1) is 6.61 Å². The number of ether oxygens (including phenoxy) is 1. The lowest BCUT2D eigenvalue weighted by atomic mass is 9.93. The van der Waals surface area contributed by atoms with E-state index in [4.69, 9.17) is 4.74 Å². The van der Waals surface area contributed by atoms with Gasteiger partial charge in [0.15, 0.2) is 0 Å². The Morgan fingerprint density at radius 1 is 1.05 bits per heavy atom. The summed E-state index contributed by atoms with van der Waals surface area (Å²) in [5, 5.41) is 0. The van der Waals surface area contributed by atoms with E-state index < -0.39 is 0 Å². The monoisotopic (exact) mass is 290 g/mol. The van der Waals surface area contributed by atoms with Gasteiger partial charge in [-0.25, -0.2) is 4.39 Å². The van der Waals surface area contributed by atoms with Crippen molar-refractivity contribution in [3.05, 3.63) is 58.4 Å². The molecule has 0 N–H and O–H groups in total. The minimum absolute atomic E-state index is 0.163. The zero-order chi connectivity index (χ0) is 14.7. The van der Waals surface area contributed by atoms with Crippen LogP contribution in [0.25, 0.3) is 11.1 Å². The van der Waals surface area contributed by atoms with Crippen LogP contribution in [-0.4, -0.2) is 7.11 Å². The molecular formula is C17H20FOP. The summed E-state index contributed by atoms with van der Waals surface area (Å²) >= 11 is 0. The lowest BCUT2D eigenvalue weighted by Gasteiger charge is -2.14. The molecule has 0 amide bonds. The lowest BCUT2D eigenvalue weighted by Crippen LogP contribution is -1.97. The summed E-state index contributed by atoms with van der Waals surface area (Å²) in [7, 11) is 4.40. The van der Waals surface area contributed by atoms with Crippen LogP contribution in [0.15, 0.2) is 30.3 Å². The molecule has 106 valence electrons. The second-order valence-corrected chi connectivity index (χ2v) is 5.45. The molecule has 0 aliphatic carbocycles. The van der Waals surface area contributed by atoms with Crippen LogP contribution in [0.2, 0.25) is 0 Å². The molecule has 0 aromatic heterocycles. The van der Waals surface area contributed by atoms with Gasteiger partial charge in [0.2, 0.25) is 0 Å². The van der Waals surface area contributed by atoms with Crippen molar-refractivity contribution in [1.29, 1.82) is 0 Å². The van der Waals surface area contributed by atoms with Crippen molar-refractivity contribution < 1.29 is 9.13 Å². The van der Waals surface area contributed by atoms with Crippen molar-refractivity contribution in [2.75, 3.05) is 7.11 Å². The molecule has 0 heterocycles. The molecule has 2 aromatic rings. The van der Waals surface area contributed by atoms with E-state index in [-0.39, 0.29) is 5.82 Å². The molecule has 0 saturated heterocycles. The molecule has 1 unspecified atom stereocenters. The third-order valence-corrected chi connectivity index (χ3v) is 3.97. The molecule has 0 radical (unpaired) electrons. The number of methoxy groups -OCH3 is 1. The van der Waals surface area contributed by atoms with E-state index in [2.05, 4.69) is 27.4 Å². The maximum atomic E-state index is 13.9. The highest BCUT2D eigenvalue weighted by Gasteiger charge is 2.11. The van der Waals surface area contributed by atoms with E-state index >= 15 is 0 Å². The smallest absolute Gasteiger partial charge is 0.126 e. The molecule has 0 aliphatic rings.